The highest BCUT2D eigenvalue weighted by Crippen LogP contribution is 2.29. The summed E-state index contributed by atoms with van der Waals surface area (Å²) >= 11 is 11.6. The van der Waals surface area contributed by atoms with Gasteiger partial charge in [-0.15, -0.1) is 0 Å². The van der Waals surface area contributed by atoms with E-state index >= 15 is 0 Å². The van der Waals surface area contributed by atoms with Crippen molar-refractivity contribution in [1.29, 1.82) is 0 Å². The van der Waals surface area contributed by atoms with Crippen molar-refractivity contribution in [2.24, 2.45) is 0 Å². The van der Waals surface area contributed by atoms with Crippen molar-refractivity contribution in [3.05, 3.63) is 69.8 Å². The first kappa shape index (κ1) is 16.4. The number of carbonyl (C=O) groups is 1. The predicted molar refractivity (Wildman–Crippen MR) is 85.9 cm³/mol. The largest absolute Gasteiger partial charge is 0.476 e. The number of benzene rings is 2. The highest BCUT2D eigenvalue weighted by atomic mass is 35.5. The van der Waals surface area contributed by atoms with Crippen molar-refractivity contribution < 1.29 is 18.7 Å². The zero-order chi connectivity index (χ0) is 17.4. The molecule has 0 radical (unpaired) electrons. The van der Waals surface area contributed by atoms with Crippen LogP contribution in [0.3, 0.4) is 0 Å². The fourth-order valence-electron chi connectivity index (χ4n) is 2.16. The van der Waals surface area contributed by atoms with Gasteiger partial charge in [0.15, 0.2) is 5.69 Å². The summed E-state index contributed by atoms with van der Waals surface area (Å²) in [7, 11) is 0. The monoisotopic (exact) mass is 368 g/mol. The average molecular weight is 369 g/mol. The normalized spacial score (nSPS) is 10.8. The summed E-state index contributed by atoms with van der Waals surface area (Å²) in [6.45, 7) is 0. The van der Waals surface area contributed by atoms with Crippen LogP contribution in [-0.4, -0.2) is 20.9 Å². The summed E-state index contributed by atoms with van der Waals surface area (Å²) in [5, 5.41) is 12.9. The maximum absolute atomic E-state index is 13.4. The van der Waals surface area contributed by atoms with Crippen LogP contribution in [0.15, 0.2) is 42.5 Å². The molecule has 122 valence electrons. The standard InChI is InChI=1S/C16H8Cl2F2N2O2/c17-10-5-8(1-3-12(10)19)15-7-14(16(23)24)21-22(15)9-2-4-13(20)11(18)6-9/h1-7H,(H,23,24). The molecule has 0 unspecified atom stereocenters. The third kappa shape index (κ3) is 2.98. The van der Waals surface area contributed by atoms with Crippen LogP contribution in [-0.2, 0) is 0 Å². The minimum atomic E-state index is -1.24. The van der Waals surface area contributed by atoms with Gasteiger partial charge in [-0.25, -0.2) is 18.3 Å². The minimum Gasteiger partial charge on any atom is -0.476 e. The van der Waals surface area contributed by atoms with E-state index in [1.54, 1.807) is 0 Å². The van der Waals surface area contributed by atoms with Gasteiger partial charge < -0.3 is 5.11 Å². The molecular weight excluding hydrogens is 361 g/mol. The third-order valence-corrected chi connectivity index (χ3v) is 3.87. The Morgan fingerprint density at radius 2 is 1.62 bits per heavy atom. The Kier molecular flexibility index (Phi) is 4.26. The smallest absolute Gasteiger partial charge is 0.356 e. The Bertz CT molecular complexity index is 888. The number of rotatable bonds is 3. The molecule has 3 rings (SSSR count). The van der Waals surface area contributed by atoms with Crippen LogP contribution in [0.25, 0.3) is 16.9 Å². The number of halogens is 4. The van der Waals surface area contributed by atoms with Crippen LogP contribution in [0.2, 0.25) is 10.0 Å². The Balaban J connectivity index is 2.22. The van der Waals surface area contributed by atoms with Gasteiger partial charge in [-0.3, -0.25) is 0 Å². The number of aromatic nitrogens is 2. The summed E-state index contributed by atoms with van der Waals surface area (Å²) in [5.41, 5.74) is 0.911. The van der Waals surface area contributed by atoms with Crippen molar-refractivity contribution >= 4 is 29.2 Å². The molecule has 0 saturated heterocycles. The fourth-order valence-corrected chi connectivity index (χ4v) is 2.52. The molecule has 8 heteroatoms. The van der Waals surface area contributed by atoms with Crippen molar-refractivity contribution in [1.82, 2.24) is 9.78 Å². The summed E-state index contributed by atoms with van der Waals surface area (Å²) in [4.78, 5) is 11.2. The molecule has 0 atom stereocenters. The van der Waals surface area contributed by atoms with E-state index in [9.17, 15) is 13.6 Å². The molecule has 0 aliphatic rings. The first-order chi connectivity index (χ1) is 11.4. The molecule has 1 heterocycles. The van der Waals surface area contributed by atoms with Crippen molar-refractivity contribution in [2.45, 2.75) is 0 Å². The van der Waals surface area contributed by atoms with Gasteiger partial charge in [-0.2, -0.15) is 5.10 Å². The van der Waals surface area contributed by atoms with Crippen LogP contribution in [0.1, 0.15) is 10.5 Å². The molecule has 0 bridgehead atoms. The lowest BCUT2D eigenvalue weighted by Gasteiger charge is -2.09. The molecule has 4 nitrogen and oxygen atoms in total. The Morgan fingerprint density at radius 1 is 1.00 bits per heavy atom. The molecule has 1 N–H and O–H groups in total. The number of aromatic carboxylic acids is 1. The molecule has 24 heavy (non-hydrogen) atoms. The zero-order valence-corrected chi connectivity index (χ0v) is 13.3. The van der Waals surface area contributed by atoms with E-state index in [-0.39, 0.29) is 15.7 Å². The van der Waals surface area contributed by atoms with E-state index in [4.69, 9.17) is 28.3 Å². The van der Waals surface area contributed by atoms with Crippen LogP contribution < -0.4 is 0 Å². The molecule has 3 aromatic rings. The second kappa shape index (κ2) is 6.22. The Morgan fingerprint density at radius 3 is 2.21 bits per heavy atom. The van der Waals surface area contributed by atoms with E-state index in [0.717, 1.165) is 12.1 Å². The summed E-state index contributed by atoms with van der Waals surface area (Å²) in [6, 6.07) is 9.10. The molecule has 0 fully saturated rings. The zero-order valence-electron chi connectivity index (χ0n) is 11.8. The Hall–Kier alpha value is -2.44. The fraction of sp³-hybridized carbons (Fsp3) is 0. The van der Waals surface area contributed by atoms with Gasteiger partial charge in [-0.05, 0) is 42.5 Å². The van der Waals surface area contributed by atoms with E-state index < -0.39 is 17.6 Å². The topological polar surface area (TPSA) is 55.1 Å². The summed E-state index contributed by atoms with van der Waals surface area (Å²) in [6.07, 6.45) is 0. The summed E-state index contributed by atoms with van der Waals surface area (Å²) < 4.78 is 28.0. The van der Waals surface area contributed by atoms with E-state index in [1.807, 2.05) is 0 Å². The number of carboxylic acid groups (broad SMARTS) is 1. The number of carboxylic acids is 1. The molecule has 2 aromatic carbocycles. The van der Waals surface area contributed by atoms with Gasteiger partial charge >= 0.3 is 5.97 Å². The van der Waals surface area contributed by atoms with E-state index in [2.05, 4.69) is 5.10 Å². The molecule has 0 spiro atoms. The lowest BCUT2D eigenvalue weighted by molar-refractivity contribution is 0.0690. The molecule has 0 saturated carbocycles. The van der Waals surface area contributed by atoms with Crippen LogP contribution in [0, 0.1) is 11.6 Å². The minimum absolute atomic E-state index is 0.116. The number of hydrogen-bond acceptors (Lipinski definition) is 2. The second-order valence-corrected chi connectivity index (χ2v) is 5.67. The number of nitrogens with zero attached hydrogens (tertiary/aromatic N) is 2. The average Bonchev–Trinajstić information content (AvgIpc) is 2.98. The predicted octanol–water partition coefficient (Wildman–Crippen LogP) is 4.82. The Labute approximate surface area is 144 Å². The molecular formula is C16H8Cl2F2N2O2. The number of hydrogen-bond donors (Lipinski definition) is 1. The quantitative estimate of drug-likeness (QED) is 0.720. The van der Waals surface area contributed by atoms with Gasteiger partial charge in [0.25, 0.3) is 0 Å². The highest BCUT2D eigenvalue weighted by molar-refractivity contribution is 6.31. The molecule has 0 aliphatic heterocycles. The molecule has 1 aromatic heterocycles. The molecule has 0 aliphatic carbocycles. The van der Waals surface area contributed by atoms with E-state index in [1.165, 1.54) is 35.0 Å². The first-order valence-corrected chi connectivity index (χ1v) is 7.36. The van der Waals surface area contributed by atoms with Gasteiger partial charge in [-0.1, -0.05) is 23.2 Å². The van der Waals surface area contributed by atoms with Crippen LogP contribution in [0.4, 0.5) is 8.78 Å². The van der Waals surface area contributed by atoms with Gasteiger partial charge in [0.1, 0.15) is 11.6 Å². The van der Waals surface area contributed by atoms with Gasteiger partial charge in [0.2, 0.25) is 0 Å². The lowest BCUT2D eigenvalue weighted by atomic mass is 10.1. The van der Waals surface area contributed by atoms with Gasteiger partial charge in [0, 0.05) is 5.56 Å². The SMILES string of the molecule is O=C(O)c1cc(-c2ccc(F)c(Cl)c2)n(-c2ccc(F)c(Cl)c2)n1. The van der Waals surface area contributed by atoms with Crippen LogP contribution in [0.5, 0.6) is 0 Å². The van der Waals surface area contributed by atoms with Crippen molar-refractivity contribution in [3.63, 3.8) is 0 Å². The maximum Gasteiger partial charge on any atom is 0.356 e. The summed E-state index contributed by atoms with van der Waals surface area (Å²) in [5.74, 6) is -2.46. The maximum atomic E-state index is 13.4. The second-order valence-electron chi connectivity index (χ2n) is 4.86. The van der Waals surface area contributed by atoms with Crippen molar-refractivity contribution in [2.75, 3.05) is 0 Å². The highest BCUT2D eigenvalue weighted by Gasteiger charge is 2.17. The third-order valence-electron chi connectivity index (χ3n) is 3.29. The van der Waals surface area contributed by atoms with Crippen LogP contribution >= 0.6 is 23.2 Å². The van der Waals surface area contributed by atoms with Gasteiger partial charge in [0.05, 0.1) is 21.4 Å². The lowest BCUT2D eigenvalue weighted by Crippen LogP contribution is -2.02. The van der Waals surface area contributed by atoms with Crippen molar-refractivity contribution in [3.8, 4) is 16.9 Å². The molecule has 0 amide bonds. The first-order valence-electron chi connectivity index (χ1n) is 6.61. The van der Waals surface area contributed by atoms with E-state index in [0.29, 0.717) is 16.9 Å².